The third kappa shape index (κ3) is 4.74. The number of hydrogen-bond donors (Lipinski definition) is 1. The van der Waals surface area contributed by atoms with Gasteiger partial charge in [0, 0.05) is 19.3 Å². The van der Waals surface area contributed by atoms with E-state index in [1.807, 2.05) is 23.1 Å². The predicted octanol–water partition coefficient (Wildman–Crippen LogP) is 4.88. The molecule has 3 aliphatic rings. The molecule has 1 aromatic carbocycles. The van der Waals surface area contributed by atoms with Crippen LogP contribution >= 0.6 is 0 Å². The van der Waals surface area contributed by atoms with Crippen LogP contribution in [0.15, 0.2) is 42.6 Å². The Balaban J connectivity index is 1.37. The van der Waals surface area contributed by atoms with E-state index >= 15 is 0 Å². The van der Waals surface area contributed by atoms with Crippen molar-refractivity contribution in [2.75, 3.05) is 42.9 Å². The van der Waals surface area contributed by atoms with E-state index in [9.17, 15) is 9.59 Å². The second kappa shape index (κ2) is 9.91. The van der Waals surface area contributed by atoms with Gasteiger partial charge in [0.05, 0.1) is 16.9 Å². The maximum Gasteiger partial charge on any atom is 0.330 e. The van der Waals surface area contributed by atoms with Crippen LogP contribution in [-0.4, -0.2) is 59.4 Å². The largest absolute Gasteiger partial charge is 0.330 e. The molecule has 2 aromatic rings. The minimum atomic E-state index is -0.217. The maximum atomic E-state index is 14.0. The van der Waals surface area contributed by atoms with Crippen molar-refractivity contribution >= 4 is 29.1 Å². The molecule has 2 saturated heterocycles. The second-order valence-corrected chi connectivity index (χ2v) is 9.46. The fraction of sp³-hybridized carbons (Fsp3) is 0.500. The molecule has 4 heterocycles. The average molecular weight is 448 g/mol. The van der Waals surface area contributed by atoms with Crippen molar-refractivity contribution in [2.24, 2.45) is 5.92 Å². The highest BCUT2D eigenvalue weighted by molar-refractivity contribution is 6.16. The molecule has 7 heteroatoms. The Morgan fingerprint density at radius 1 is 1.03 bits per heavy atom. The van der Waals surface area contributed by atoms with E-state index in [-0.39, 0.29) is 11.9 Å². The molecule has 1 N–H and O–H groups in total. The molecular formula is C26H33N5O2. The Hall–Kier alpha value is -2.93. The standard InChI is InChI=1S/C26H33N5O2/c32-25-21-11-1-2-13-23(21)31(24-22(28-25)12-7-14-27-24)26(33)30-18-4-3-9-20(19-30)10-8-17-29-15-5-6-16-29/h1-2,7,11-14,20H,3-6,8-10,15-19H2,(H,28,32). The van der Waals surface area contributed by atoms with Crippen LogP contribution in [-0.2, 0) is 0 Å². The number of aromatic nitrogens is 1. The summed E-state index contributed by atoms with van der Waals surface area (Å²) in [4.78, 5) is 37.5. The number of carbonyl (C=O) groups is 2. The maximum absolute atomic E-state index is 14.0. The van der Waals surface area contributed by atoms with Crippen molar-refractivity contribution in [3.8, 4) is 0 Å². The quantitative estimate of drug-likeness (QED) is 0.725. The highest BCUT2D eigenvalue weighted by Gasteiger charge is 2.34. The van der Waals surface area contributed by atoms with Gasteiger partial charge in [-0.3, -0.25) is 4.79 Å². The molecule has 33 heavy (non-hydrogen) atoms. The summed E-state index contributed by atoms with van der Waals surface area (Å²) in [5.74, 6) is 0.783. The first kappa shape index (κ1) is 21.9. The van der Waals surface area contributed by atoms with Crippen LogP contribution in [0.1, 0.15) is 55.3 Å². The lowest BCUT2D eigenvalue weighted by atomic mass is 9.97. The van der Waals surface area contributed by atoms with E-state index in [1.54, 1.807) is 29.3 Å². The minimum absolute atomic E-state index is 0.0923. The van der Waals surface area contributed by atoms with Gasteiger partial charge in [0.15, 0.2) is 5.82 Å². The first-order chi connectivity index (χ1) is 16.2. The first-order valence-corrected chi connectivity index (χ1v) is 12.4. The highest BCUT2D eigenvalue weighted by Crippen LogP contribution is 2.37. The predicted molar refractivity (Wildman–Crippen MR) is 130 cm³/mol. The molecule has 1 aromatic heterocycles. The summed E-state index contributed by atoms with van der Waals surface area (Å²) in [5.41, 5.74) is 1.64. The third-order valence-corrected chi connectivity index (χ3v) is 7.15. The number of fused-ring (bicyclic) bond motifs is 2. The number of benzene rings is 1. The molecule has 5 rings (SSSR count). The van der Waals surface area contributed by atoms with E-state index in [2.05, 4.69) is 15.2 Å². The average Bonchev–Trinajstić information content (AvgIpc) is 3.18. The van der Waals surface area contributed by atoms with Gasteiger partial charge in [-0.05, 0) is 88.3 Å². The number of carbonyl (C=O) groups excluding carboxylic acids is 2. The van der Waals surface area contributed by atoms with Crippen molar-refractivity contribution in [3.63, 3.8) is 0 Å². The molecule has 1 atom stereocenters. The zero-order chi connectivity index (χ0) is 22.6. The van der Waals surface area contributed by atoms with Gasteiger partial charge in [0.1, 0.15) is 0 Å². The van der Waals surface area contributed by atoms with Crippen molar-refractivity contribution in [1.29, 1.82) is 0 Å². The van der Waals surface area contributed by atoms with Crippen LogP contribution in [0.3, 0.4) is 0 Å². The van der Waals surface area contributed by atoms with E-state index in [1.165, 1.54) is 45.3 Å². The molecule has 7 nitrogen and oxygen atoms in total. The van der Waals surface area contributed by atoms with Gasteiger partial charge in [-0.15, -0.1) is 0 Å². The fourth-order valence-corrected chi connectivity index (χ4v) is 5.42. The molecule has 1 unspecified atom stereocenters. The van der Waals surface area contributed by atoms with Crippen LogP contribution in [0.5, 0.6) is 0 Å². The Bertz CT molecular complexity index is 1000. The summed E-state index contributed by atoms with van der Waals surface area (Å²) in [6.07, 6.45) is 10.0. The summed E-state index contributed by atoms with van der Waals surface area (Å²) in [5, 5.41) is 2.92. The van der Waals surface area contributed by atoms with Gasteiger partial charge in [-0.1, -0.05) is 18.6 Å². The molecule has 0 saturated carbocycles. The SMILES string of the molecule is O=C1Nc2cccnc2N(C(=O)N2CCCCC(CCCN3CCCC3)C2)c2ccccc21. The zero-order valence-electron chi connectivity index (χ0n) is 19.2. The summed E-state index contributed by atoms with van der Waals surface area (Å²) in [6, 6.07) is 10.8. The van der Waals surface area contributed by atoms with Crippen LogP contribution in [0, 0.1) is 5.92 Å². The number of nitrogens with zero attached hydrogens (tertiary/aromatic N) is 4. The fourth-order valence-electron chi connectivity index (χ4n) is 5.42. The Labute approximate surface area is 195 Å². The number of hydrogen-bond acceptors (Lipinski definition) is 4. The molecule has 3 aliphatic heterocycles. The zero-order valence-corrected chi connectivity index (χ0v) is 19.2. The molecule has 0 aliphatic carbocycles. The van der Waals surface area contributed by atoms with E-state index in [4.69, 9.17) is 0 Å². The lowest BCUT2D eigenvalue weighted by Crippen LogP contribution is -2.43. The normalized spacial score (nSPS) is 21.1. The van der Waals surface area contributed by atoms with Gasteiger partial charge < -0.3 is 15.1 Å². The number of anilines is 3. The molecule has 0 spiro atoms. The third-order valence-electron chi connectivity index (χ3n) is 7.15. The Kier molecular flexibility index (Phi) is 6.58. The number of urea groups is 1. The van der Waals surface area contributed by atoms with E-state index in [0.29, 0.717) is 28.7 Å². The Morgan fingerprint density at radius 2 is 1.85 bits per heavy atom. The van der Waals surface area contributed by atoms with E-state index in [0.717, 1.165) is 32.4 Å². The van der Waals surface area contributed by atoms with Gasteiger partial charge in [0.25, 0.3) is 5.91 Å². The number of amides is 3. The number of nitrogens with one attached hydrogen (secondary N) is 1. The Morgan fingerprint density at radius 3 is 2.73 bits per heavy atom. The topological polar surface area (TPSA) is 68.8 Å². The first-order valence-electron chi connectivity index (χ1n) is 12.4. The summed E-state index contributed by atoms with van der Waals surface area (Å²) >= 11 is 0. The summed E-state index contributed by atoms with van der Waals surface area (Å²) < 4.78 is 0. The van der Waals surface area contributed by atoms with Crippen LogP contribution < -0.4 is 10.2 Å². The minimum Gasteiger partial charge on any atom is -0.324 e. The van der Waals surface area contributed by atoms with Crippen LogP contribution in [0.4, 0.5) is 22.0 Å². The highest BCUT2D eigenvalue weighted by atomic mass is 16.2. The van der Waals surface area contributed by atoms with Crippen LogP contribution in [0.2, 0.25) is 0 Å². The van der Waals surface area contributed by atoms with Gasteiger partial charge >= 0.3 is 6.03 Å². The lowest BCUT2D eigenvalue weighted by molar-refractivity contribution is 0.102. The van der Waals surface area contributed by atoms with Crippen molar-refractivity contribution in [1.82, 2.24) is 14.8 Å². The molecule has 174 valence electrons. The van der Waals surface area contributed by atoms with Crippen molar-refractivity contribution in [2.45, 2.75) is 44.9 Å². The van der Waals surface area contributed by atoms with Crippen molar-refractivity contribution < 1.29 is 9.59 Å². The molecule has 3 amide bonds. The lowest BCUT2D eigenvalue weighted by Gasteiger charge is -2.31. The summed E-state index contributed by atoms with van der Waals surface area (Å²) in [7, 11) is 0. The molecule has 2 fully saturated rings. The number of rotatable bonds is 4. The van der Waals surface area contributed by atoms with Gasteiger partial charge in [-0.25, -0.2) is 14.7 Å². The molecule has 0 radical (unpaired) electrons. The van der Waals surface area contributed by atoms with E-state index < -0.39 is 0 Å². The molecule has 0 bridgehead atoms. The number of para-hydroxylation sites is 1. The second-order valence-electron chi connectivity index (χ2n) is 9.46. The van der Waals surface area contributed by atoms with Crippen molar-refractivity contribution in [3.05, 3.63) is 48.2 Å². The van der Waals surface area contributed by atoms with Gasteiger partial charge in [0.2, 0.25) is 0 Å². The smallest absolute Gasteiger partial charge is 0.324 e. The number of pyridine rings is 1. The number of likely N-dealkylation sites (tertiary alicyclic amines) is 2. The monoisotopic (exact) mass is 447 g/mol. The summed E-state index contributed by atoms with van der Waals surface area (Å²) in [6.45, 7) is 5.16. The van der Waals surface area contributed by atoms with Gasteiger partial charge in [-0.2, -0.15) is 0 Å². The molecular weight excluding hydrogens is 414 g/mol. The van der Waals surface area contributed by atoms with Crippen LogP contribution in [0.25, 0.3) is 0 Å².